The molecule has 1 aromatic rings. The zero-order valence-corrected chi connectivity index (χ0v) is 10.7. The quantitative estimate of drug-likeness (QED) is 0.800. The molecule has 2 N–H and O–H groups in total. The maximum atomic E-state index is 10.9. The summed E-state index contributed by atoms with van der Waals surface area (Å²) in [5, 5.41) is 8.07. The fourth-order valence-corrected chi connectivity index (χ4v) is 2.05. The van der Waals surface area contributed by atoms with Crippen LogP contribution in [-0.2, 0) is 16.1 Å². The molecule has 1 unspecified atom stereocenters. The van der Waals surface area contributed by atoms with Crippen LogP contribution in [0.25, 0.3) is 0 Å². The van der Waals surface area contributed by atoms with Gasteiger partial charge < -0.3 is 15.4 Å². The molecule has 16 heavy (non-hydrogen) atoms. The van der Waals surface area contributed by atoms with Crippen molar-refractivity contribution in [3.05, 3.63) is 16.3 Å². The number of hydrogen-bond acceptors (Lipinski definition) is 4. The van der Waals surface area contributed by atoms with Crippen LogP contribution in [0, 0.1) is 0 Å². The van der Waals surface area contributed by atoms with E-state index in [2.05, 4.69) is 10.6 Å². The molecule has 1 aromatic heterocycles. The third-order valence-electron chi connectivity index (χ3n) is 2.18. The second-order valence-corrected chi connectivity index (χ2v) is 4.62. The van der Waals surface area contributed by atoms with Crippen LogP contribution in [0.1, 0.15) is 18.7 Å². The number of carbonyl (C=O) groups excluding carboxylic acids is 1. The maximum Gasteiger partial charge on any atom is 0.221 e. The first kappa shape index (κ1) is 13.2. The average molecular weight is 242 g/mol. The summed E-state index contributed by atoms with van der Waals surface area (Å²) in [6, 6.07) is 1.92. The Kier molecular flexibility index (Phi) is 5.45. The van der Waals surface area contributed by atoms with E-state index < -0.39 is 0 Å². The molecule has 1 rings (SSSR count). The van der Waals surface area contributed by atoms with Crippen molar-refractivity contribution in [2.45, 2.75) is 26.5 Å². The van der Waals surface area contributed by atoms with Crippen LogP contribution in [0.2, 0.25) is 0 Å². The lowest BCUT2D eigenvalue weighted by molar-refractivity contribution is -0.114. The monoisotopic (exact) mass is 242 g/mol. The van der Waals surface area contributed by atoms with Crippen molar-refractivity contribution < 1.29 is 9.53 Å². The minimum Gasteiger partial charge on any atom is -0.380 e. The molecule has 0 aliphatic heterocycles. The molecule has 0 bridgehead atoms. The number of amides is 1. The lowest BCUT2D eigenvalue weighted by atomic mass is 10.3. The van der Waals surface area contributed by atoms with Crippen LogP contribution >= 0.6 is 11.3 Å². The van der Waals surface area contributed by atoms with Crippen LogP contribution in [0.4, 0.5) is 5.69 Å². The Morgan fingerprint density at radius 1 is 1.62 bits per heavy atom. The summed E-state index contributed by atoms with van der Waals surface area (Å²) in [4.78, 5) is 12.1. The summed E-state index contributed by atoms with van der Waals surface area (Å²) in [6.45, 7) is 5.08. The van der Waals surface area contributed by atoms with Crippen LogP contribution in [0.5, 0.6) is 0 Å². The van der Waals surface area contributed by atoms with E-state index in [0.717, 1.165) is 23.7 Å². The fourth-order valence-electron chi connectivity index (χ4n) is 1.25. The summed E-state index contributed by atoms with van der Waals surface area (Å²) in [6.07, 6.45) is 0.198. The number of nitrogens with one attached hydrogen (secondary N) is 2. The van der Waals surface area contributed by atoms with Crippen LogP contribution in [0.15, 0.2) is 11.4 Å². The molecule has 0 aromatic carbocycles. The highest BCUT2D eigenvalue weighted by molar-refractivity contribution is 7.10. The van der Waals surface area contributed by atoms with E-state index in [1.165, 1.54) is 6.92 Å². The Morgan fingerprint density at radius 3 is 3.00 bits per heavy atom. The van der Waals surface area contributed by atoms with Crippen molar-refractivity contribution in [3.8, 4) is 0 Å². The molecule has 0 spiro atoms. The van der Waals surface area contributed by atoms with E-state index in [4.69, 9.17) is 4.74 Å². The van der Waals surface area contributed by atoms with Crippen LogP contribution in [-0.4, -0.2) is 25.7 Å². The molecule has 0 radical (unpaired) electrons. The predicted molar refractivity (Wildman–Crippen MR) is 66.8 cm³/mol. The van der Waals surface area contributed by atoms with Crippen molar-refractivity contribution >= 4 is 22.9 Å². The van der Waals surface area contributed by atoms with E-state index in [0.29, 0.717) is 0 Å². The van der Waals surface area contributed by atoms with Crippen LogP contribution in [0.3, 0.4) is 0 Å². The number of methoxy groups -OCH3 is 1. The second-order valence-electron chi connectivity index (χ2n) is 3.62. The topological polar surface area (TPSA) is 50.4 Å². The van der Waals surface area contributed by atoms with Crippen molar-refractivity contribution in [2.75, 3.05) is 19.0 Å². The molecular weight excluding hydrogens is 224 g/mol. The molecule has 1 atom stereocenters. The molecule has 1 amide bonds. The highest BCUT2D eigenvalue weighted by atomic mass is 32.1. The Hall–Kier alpha value is -0.910. The van der Waals surface area contributed by atoms with Gasteiger partial charge in [0.05, 0.1) is 11.8 Å². The average Bonchev–Trinajstić information content (AvgIpc) is 2.64. The van der Waals surface area contributed by atoms with Gasteiger partial charge in [-0.3, -0.25) is 4.79 Å². The Balaban J connectivity index is 2.41. The molecule has 90 valence electrons. The molecule has 4 nitrogen and oxygen atoms in total. The zero-order chi connectivity index (χ0) is 12.0. The minimum atomic E-state index is -0.0371. The molecule has 0 aliphatic rings. The molecule has 0 saturated heterocycles. The van der Waals surface area contributed by atoms with Crippen molar-refractivity contribution in [2.24, 2.45) is 0 Å². The van der Waals surface area contributed by atoms with E-state index in [-0.39, 0.29) is 12.0 Å². The summed E-state index contributed by atoms with van der Waals surface area (Å²) < 4.78 is 5.14. The van der Waals surface area contributed by atoms with Crippen LogP contribution < -0.4 is 10.6 Å². The first-order valence-electron chi connectivity index (χ1n) is 5.21. The lowest BCUT2D eigenvalue weighted by Gasteiger charge is -2.10. The first-order valence-corrected chi connectivity index (χ1v) is 6.09. The van der Waals surface area contributed by atoms with Gasteiger partial charge in [-0.2, -0.15) is 0 Å². The van der Waals surface area contributed by atoms with E-state index in [9.17, 15) is 4.79 Å². The number of hydrogen-bond donors (Lipinski definition) is 2. The normalized spacial score (nSPS) is 12.4. The third-order valence-corrected chi connectivity index (χ3v) is 3.10. The highest BCUT2D eigenvalue weighted by Crippen LogP contribution is 2.21. The molecule has 5 heteroatoms. The van der Waals surface area contributed by atoms with Gasteiger partial charge in [0.1, 0.15) is 0 Å². The van der Waals surface area contributed by atoms with Gasteiger partial charge >= 0.3 is 0 Å². The highest BCUT2D eigenvalue weighted by Gasteiger charge is 2.06. The largest absolute Gasteiger partial charge is 0.380 e. The van der Waals surface area contributed by atoms with Gasteiger partial charge in [0.2, 0.25) is 5.91 Å². The standard InChI is InChI=1S/C11H18N2O2S/c1-8(15-3)6-12-7-11-10(4-5-16-11)13-9(2)14/h4-5,8,12H,6-7H2,1-3H3,(H,13,14). The van der Waals surface area contributed by atoms with Crippen molar-refractivity contribution in [1.82, 2.24) is 5.32 Å². The van der Waals surface area contributed by atoms with E-state index >= 15 is 0 Å². The summed E-state index contributed by atoms with van der Waals surface area (Å²) in [5.74, 6) is -0.0371. The Bertz CT molecular complexity index is 338. The number of rotatable bonds is 6. The lowest BCUT2D eigenvalue weighted by Crippen LogP contribution is -2.25. The number of anilines is 1. The van der Waals surface area contributed by atoms with E-state index in [1.807, 2.05) is 18.4 Å². The summed E-state index contributed by atoms with van der Waals surface area (Å²) >= 11 is 1.63. The molecular formula is C11H18N2O2S. The molecule has 0 aliphatic carbocycles. The summed E-state index contributed by atoms with van der Waals surface area (Å²) in [5.41, 5.74) is 0.898. The van der Waals surface area contributed by atoms with Gasteiger partial charge in [0.15, 0.2) is 0 Å². The smallest absolute Gasteiger partial charge is 0.221 e. The Labute approximate surface area is 100 Å². The van der Waals surface area contributed by atoms with Gasteiger partial charge in [-0.1, -0.05) is 0 Å². The minimum absolute atomic E-state index is 0.0371. The zero-order valence-electron chi connectivity index (χ0n) is 9.87. The van der Waals surface area contributed by atoms with Crippen molar-refractivity contribution in [3.63, 3.8) is 0 Å². The van der Waals surface area contributed by atoms with Gasteiger partial charge in [-0.25, -0.2) is 0 Å². The fraction of sp³-hybridized carbons (Fsp3) is 0.545. The Morgan fingerprint density at radius 2 is 2.38 bits per heavy atom. The van der Waals surface area contributed by atoms with Gasteiger partial charge in [-0.05, 0) is 18.4 Å². The number of thiophene rings is 1. The van der Waals surface area contributed by atoms with Gasteiger partial charge in [-0.15, -0.1) is 11.3 Å². The number of ether oxygens (including phenoxy) is 1. The maximum absolute atomic E-state index is 10.9. The summed E-state index contributed by atoms with van der Waals surface area (Å²) in [7, 11) is 1.69. The third kappa shape index (κ3) is 4.30. The van der Waals surface area contributed by atoms with E-state index in [1.54, 1.807) is 18.4 Å². The number of carbonyl (C=O) groups is 1. The first-order chi connectivity index (χ1) is 7.63. The van der Waals surface area contributed by atoms with Crippen molar-refractivity contribution in [1.29, 1.82) is 0 Å². The van der Waals surface area contributed by atoms with Gasteiger partial charge in [0, 0.05) is 32.0 Å². The molecule has 1 heterocycles. The molecule has 0 fully saturated rings. The van der Waals surface area contributed by atoms with Gasteiger partial charge in [0.25, 0.3) is 0 Å². The SMILES string of the molecule is COC(C)CNCc1sccc1NC(C)=O. The predicted octanol–water partition coefficient (Wildman–Crippen LogP) is 1.83. The second kappa shape index (κ2) is 6.62. The molecule has 0 saturated carbocycles.